The van der Waals surface area contributed by atoms with Gasteiger partial charge in [0.2, 0.25) is 5.91 Å². The zero-order valence-corrected chi connectivity index (χ0v) is 9.71. The molecule has 1 fully saturated rings. The van der Waals surface area contributed by atoms with E-state index in [2.05, 4.69) is 5.32 Å². The normalized spacial score (nSPS) is 21.5. The Kier molecular flexibility index (Phi) is 4.54. The Morgan fingerprint density at radius 1 is 1.53 bits per heavy atom. The minimum absolute atomic E-state index is 0.331. The second-order valence-corrected chi connectivity index (χ2v) is 4.46. The molecule has 0 bridgehead atoms. The molecule has 4 nitrogen and oxygen atoms in total. The molecule has 1 amide bonds. The van der Waals surface area contributed by atoms with Crippen molar-refractivity contribution in [3.63, 3.8) is 0 Å². The van der Waals surface area contributed by atoms with Crippen molar-refractivity contribution in [3.05, 3.63) is 0 Å². The SMILES string of the molecule is CCOCC(C)(NC1CCCC1)C(N)=O. The highest BCUT2D eigenvalue weighted by molar-refractivity contribution is 5.84. The monoisotopic (exact) mass is 214 g/mol. The standard InChI is InChI=1S/C11H22N2O2/c1-3-15-8-11(2,10(12)14)13-9-6-4-5-7-9/h9,13H,3-8H2,1-2H3,(H2,12,14). The second-order valence-electron chi connectivity index (χ2n) is 4.46. The lowest BCUT2D eigenvalue weighted by Gasteiger charge is -2.30. The average molecular weight is 214 g/mol. The van der Waals surface area contributed by atoms with Gasteiger partial charge in [0.05, 0.1) is 6.61 Å². The van der Waals surface area contributed by atoms with Crippen LogP contribution in [-0.2, 0) is 9.53 Å². The van der Waals surface area contributed by atoms with Crippen LogP contribution in [0.15, 0.2) is 0 Å². The van der Waals surface area contributed by atoms with Gasteiger partial charge in [-0.25, -0.2) is 0 Å². The molecule has 0 heterocycles. The number of carbonyl (C=O) groups is 1. The molecule has 15 heavy (non-hydrogen) atoms. The van der Waals surface area contributed by atoms with Gasteiger partial charge in [0, 0.05) is 12.6 Å². The van der Waals surface area contributed by atoms with Crippen molar-refractivity contribution in [2.75, 3.05) is 13.2 Å². The van der Waals surface area contributed by atoms with Crippen molar-refractivity contribution >= 4 is 5.91 Å². The molecule has 1 saturated carbocycles. The van der Waals surface area contributed by atoms with E-state index in [-0.39, 0.29) is 5.91 Å². The van der Waals surface area contributed by atoms with Crippen LogP contribution < -0.4 is 11.1 Å². The Labute approximate surface area is 91.5 Å². The zero-order chi connectivity index (χ0) is 11.3. The van der Waals surface area contributed by atoms with Gasteiger partial charge in [-0.15, -0.1) is 0 Å². The molecule has 88 valence electrons. The van der Waals surface area contributed by atoms with E-state index in [9.17, 15) is 4.79 Å². The Hall–Kier alpha value is -0.610. The molecule has 0 spiro atoms. The second kappa shape index (κ2) is 5.47. The number of primary amides is 1. The predicted octanol–water partition coefficient (Wildman–Crippen LogP) is 0.799. The number of nitrogens with two attached hydrogens (primary N) is 1. The Morgan fingerprint density at radius 3 is 2.60 bits per heavy atom. The Balaban J connectivity index is 2.51. The van der Waals surface area contributed by atoms with Gasteiger partial charge in [0.15, 0.2) is 0 Å². The quantitative estimate of drug-likeness (QED) is 0.687. The van der Waals surface area contributed by atoms with Crippen LogP contribution in [0.3, 0.4) is 0 Å². The van der Waals surface area contributed by atoms with Crippen LogP contribution in [0.4, 0.5) is 0 Å². The molecule has 0 aromatic heterocycles. The van der Waals surface area contributed by atoms with Crippen molar-refractivity contribution in [2.45, 2.75) is 51.1 Å². The number of hydrogen-bond acceptors (Lipinski definition) is 3. The molecular formula is C11H22N2O2. The minimum Gasteiger partial charge on any atom is -0.379 e. The predicted molar refractivity (Wildman–Crippen MR) is 59.5 cm³/mol. The van der Waals surface area contributed by atoms with E-state index in [0.29, 0.717) is 19.3 Å². The molecule has 0 radical (unpaired) electrons. The van der Waals surface area contributed by atoms with Gasteiger partial charge in [-0.3, -0.25) is 10.1 Å². The first-order valence-electron chi connectivity index (χ1n) is 5.74. The molecule has 0 saturated heterocycles. The van der Waals surface area contributed by atoms with E-state index in [1.54, 1.807) is 0 Å². The van der Waals surface area contributed by atoms with Crippen molar-refractivity contribution in [2.24, 2.45) is 5.73 Å². The zero-order valence-electron chi connectivity index (χ0n) is 9.71. The maximum atomic E-state index is 11.4. The number of amides is 1. The summed E-state index contributed by atoms with van der Waals surface area (Å²) in [6, 6.07) is 0.419. The van der Waals surface area contributed by atoms with Gasteiger partial charge in [-0.2, -0.15) is 0 Å². The van der Waals surface area contributed by atoms with E-state index in [1.165, 1.54) is 12.8 Å². The molecule has 1 rings (SSSR count). The first-order valence-corrected chi connectivity index (χ1v) is 5.74. The lowest BCUT2D eigenvalue weighted by molar-refractivity contribution is -0.126. The molecular weight excluding hydrogens is 192 g/mol. The topological polar surface area (TPSA) is 64.3 Å². The summed E-state index contributed by atoms with van der Waals surface area (Å²) in [6.07, 6.45) is 4.74. The number of nitrogens with one attached hydrogen (secondary N) is 1. The molecule has 3 N–H and O–H groups in total. The van der Waals surface area contributed by atoms with Gasteiger partial charge >= 0.3 is 0 Å². The highest BCUT2D eigenvalue weighted by Crippen LogP contribution is 2.20. The highest BCUT2D eigenvalue weighted by Gasteiger charge is 2.34. The fraction of sp³-hybridized carbons (Fsp3) is 0.909. The summed E-state index contributed by atoms with van der Waals surface area (Å²) in [7, 11) is 0. The number of carbonyl (C=O) groups excluding carboxylic acids is 1. The first-order chi connectivity index (χ1) is 7.08. The van der Waals surface area contributed by atoms with Crippen molar-refractivity contribution in [1.29, 1.82) is 0 Å². The smallest absolute Gasteiger partial charge is 0.239 e. The summed E-state index contributed by atoms with van der Waals surface area (Å²) in [6.45, 7) is 4.70. The van der Waals surface area contributed by atoms with Gasteiger partial charge in [0.1, 0.15) is 5.54 Å². The van der Waals surface area contributed by atoms with Gasteiger partial charge < -0.3 is 10.5 Å². The van der Waals surface area contributed by atoms with Gasteiger partial charge in [0.25, 0.3) is 0 Å². The maximum absolute atomic E-state index is 11.4. The fourth-order valence-electron chi connectivity index (χ4n) is 2.01. The molecule has 1 aliphatic rings. The molecule has 1 atom stereocenters. The summed E-state index contributed by atoms with van der Waals surface area (Å²) >= 11 is 0. The summed E-state index contributed by atoms with van der Waals surface area (Å²) in [5, 5.41) is 3.33. The van der Waals surface area contributed by atoms with Crippen molar-refractivity contribution in [3.8, 4) is 0 Å². The van der Waals surface area contributed by atoms with Crippen LogP contribution in [0.1, 0.15) is 39.5 Å². The molecule has 1 aliphatic carbocycles. The van der Waals surface area contributed by atoms with Crippen LogP contribution in [-0.4, -0.2) is 30.7 Å². The molecule has 0 aromatic carbocycles. The van der Waals surface area contributed by atoms with E-state index < -0.39 is 5.54 Å². The van der Waals surface area contributed by atoms with Crippen LogP contribution in [0.25, 0.3) is 0 Å². The summed E-state index contributed by atoms with van der Waals surface area (Å²) in [5.74, 6) is -0.331. The van der Waals surface area contributed by atoms with E-state index in [0.717, 1.165) is 12.8 Å². The van der Waals surface area contributed by atoms with Gasteiger partial charge in [-0.1, -0.05) is 12.8 Å². The number of hydrogen-bond donors (Lipinski definition) is 2. The Morgan fingerprint density at radius 2 is 2.13 bits per heavy atom. The number of ether oxygens (including phenoxy) is 1. The average Bonchev–Trinajstić information content (AvgIpc) is 2.67. The van der Waals surface area contributed by atoms with E-state index >= 15 is 0 Å². The third-order valence-corrected chi connectivity index (χ3v) is 3.02. The summed E-state index contributed by atoms with van der Waals surface area (Å²) in [5.41, 5.74) is 4.69. The maximum Gasteiger partial charge on any atom is 0.239 e. The lowest BCUT2D eigenvalue weighted by Crippen LogP contribution is -2.59. The van der Waals surface area contributed by atoms with E-state index in [4.69, 9.17) is 10.5 Å². The molecule has 1 unspecified atom stereocenters. The van der Waals surface area contributed by atoms with E-state index in [1.807, 2.05) is 13.8 Å². The molecule has 4 heteroatoms. The fourth-order valence-corrected chi connectivity index (χ4v) is 2.01. The van der Waals surface area contributed by atoms with Crippen molar-refractivity contribution in [1.82, 2.24) is 5.32 Å². The van der Waals surface area contributed by atoms with Crippen LogP contribution in [0, 0.1) is 0 Å². The lowest BCUT2D eigenvalue weighted by atomic mass is 10.0. The highest BCUT2D eigenvalue weighted by atomic mass is 16.5. The van der Waals surface area contributed by atoms with Crippen LogP contribution >= 0.6 is 0 Å². The third kappa shape index (κ3) is 3.47. The summed E-state index contributed by atoms with van der Waals surface area (Å²) in [4.78, 5) is 11.4. The van der Waals surface area contributed by atoms with Crippen LogP contribution in [0.2, 0.25) is 0 Å². The van der Waals surface area contributed by atoms with Gasteiger partial charge in [-0.05, 0) is 26.7 Å². The Bertz CT molecular complexity index is 215. The number of rotatable bonds is 6. The first kappa shape index (κ1) is 12.5. The minimum atomic E-state index is -0.717. The summed E-state index contributed by atoms with van der Waals surface area (Å²) < 4.78 is 5.31. The van der Waals surface area contributed by atoms with Crippen molar-refractivity contribution < 1.29 is 9.53 Å². The van der Waals surface area contributed by atoms with Crippen LogP contribution in [0.5, 0.6) is 0 Å². The molecule has 0 aliphatic heterocycles. The largest absolute Gasteiger partial charge is 0.379 e. The third-order valence-electron chi connectivity index (χ3n) is 3.02. The molecule has 0 aromatic rings.